The molecule has 17 heavy (non-hydrogen) atoms. The molecule has 0 radical (unpaired) electrons. The van der Waals surface area contributed by atoms with E-state index >= 15 is 0 Å². The zero-order valence-corrected chi connectivity index (χ0v) is 11.9. The first-order chi connectivity index (χ1) is 8.29. The Morgan fingerprint density at radius 3 is 2.35 bits per heavy atom. The Balaban J connectivity index is 1.89. The first kappa shape index (κ1) is 13.1. The van der Waals surface area contributed by atoms with Crippen molar-refractivity contribution >= 4 is 15.9 Å². The van der Waals surface area contributed by atoms with E-state index in [1.54, 1.807) is 0 Å². The van der Waals surface area contributed by atoms with Crippen molar-refractivity contribution < 1.29 is 4.74 Å². The molecule has 0 N–H and O–H groups in total. The lowest BCUT2D eigenvalue weighted by Crippen LogP contribution is -2.36. The summed E-state index contributed by atoms with van der Waals surface area (Å²) in [6.07, 6.45) is 2.33. The molecule has 1 aromatic rings. The van der Waals surface area contributed by atoms with Crippen LogP contribution in [0.1, 0.15) is 24.0 Å². The zero-order chi connectivity index (χ0) is 12.1. The maximum absolute atomic E-state index is 5.40. The molecule has 0 aromatic heterocycles. The number of benzene rings is 1. The topological polar surface area (TPSA) is 12.5 Å². The van der Waals surface area contributed by atoms with Gasteiger partial charge in [-0.2, -0.15) is 0 Å². The fourth-order valence-electron chi connectivity index (χ4n) is 2.28. The van der Waals surface area contributed by atoms with E-state index in [0.29, 0.717) is 6.04 Å². The van der Waals surface area contributed by atoms with Crippen LogP contribution in [0, 0.1) is 0 Å². The molecule has 3 heteroatoms. The highest BCUT2D eigenvalue weighted by atomic mass is 79.9. The van der Waals surface area contributed by atoms with Crippen molar-refractivity contribution in [3.05, 3.63) is 35.4 Å². The molecule has 1 saturated heterocycles. The van der Waals surface area contributed by atoms with Gasteiger partial charge in [-0.3, -0.25) is 4.90 Å². The lowest BCUT2D eigenvalue weighted by Gasteiger charge is -2.31. The fourth-order valence-corrected chi connectivity index (χ4v) is 2.65. The van der Waals surface area contributed by atoms with E-state index in [2.05, 4.69) is 52.1 Å². The van der Waals surface area contributed by atoms with E-state index in [1.165, 1.54) is 11.1 Å². The maximum atomic E-state index is 5.40. The molecular weight excluding hydrogens is 278 g/mol. The van der Waals surface area contributed by atoms with Gasteiger partial charge in [-0.05, 0) is 31.0 Å². The number of ether oxygens (including phenoxy) is 1. The molecule has 94 valence electrons. The summed E-state index contributed by atoms with van der Waals surface area (Å²) in [5, 5.41) is 0.934. The van der Waals surface area contributed by atoms with E-state index in [9.17, 15) is 0 Å². The number of rotatable bonds is 4. The monoisotopic (exact) mass is 297 g/mol. The van der Waals surface area contributed by atoms with Crippen LogP contribution in [0.4, 0.5) is 0 Å². The molecule has 2 rings (SSSR count). The van der Waals surface area contributed by atoms with E-state index in [0.717, 1.165) is 37.9 Å². The molecule has 1 aromatic carbocycles. The summed E-state index contributed by atoms with van der Waals surface area (Å²) in [5.74, 6) is 0. The smallest absolute Gasteiger partial charge is 0.0480 e. The summed E-state index contributed by atoms with van der Waals surface area (Å²) >= 11 is 3.47. The van der Waals surface area contributed by atoms with Crippen LogP contribution in [0.25, 0.3) is 0 Å². The zero-order valence-electron chi connectivity index (χ0n) is 10.4. The fraction of sp³-hybridized carbons (Fsp3) is 0.571. The molecule has 0 unspecified atom stereocenters. The van der Waals surface area contributed by atoms with Crippen molar-refractivity contribution in [3.8, 4) is 0 Å². The summed E-state index contributed by atoms with van der Waals surface area (Å²) in [6.45, 7) is 2.86. The molecule has 1 heterocycles. The maximum Gasteiger partial charge on any atom is 0.0480 e. The van der Waals surface area contributed by atoms with Crippen LogP contribution >= 0.6 is 15.9 Å². The highest BCUT2D eigenvalue weighted by Gasteiger charge is 2.18. The minimum atomic E-state index is 0.680. The predicted molar refractivity (Wildman–Crippen MR) is 74.4 cm³/mol. The molecule has 0 atom stereocenters. The SMILES string of the molecule is CN(Cc1ccc(CBr)cc1)C1CCOCC1. The predicted octanol–water partition coefficient (Wildman–Crippen LogP) is 3.19. The minimum absolute atomic E-state index is 0.680. The van der Waals surface area contributed by atoms with Crippen LogP contribution in [-0.4, -0.2) is 31.2 Å². The summed E-state index contributed by atoms with van der Waals surface area (Å²) in [4.78, 5) is 2.45. The van der Waals surface area contributed by atoms with Gasteiger partial charge in [0.15, 0.2) is 0 Å². The van der Waals surface area contributed by atoms with Crippen molar-refractivity contribution in [1.29, 1.82) is 0 Å². The summed E-state index contributed by atoms with van der Waals surface area (Å²) in [7, 11) is 2.22. The molecular formula is C14H20BrNO. The van der Waals surface area contributed by atoms with E-state index in [4.69, 9.17) is 4.74 Å². The Morgan fingerprint density at radius 2 is 1.76 bits per heavy atom. The van der Waals surface area contributed by atoms with Crippen LogP contribution in [-0.2, 0) is 16.6 Å². The Hall–Kier alpha value is -0.380. The van der Waals surface area contributed by atoms with Crippen LogP contribution in [0.3, 0.4) is 0 Å². The van der Waals surface area contributed by atoms with Crippen molar-refractivity contribution in [2.24, 2.45) is 0 Å². The van der Waals surface area contributed by atoms with Gasteiger partial charge in [-0.15, -0.1) is 0 Å². The van der Waals surface area contributed by atoms with E-state index < -0.39 is 0 Å². The van der Waals surface area contributed by atoms with Crippen molar-refractivity contribution in [1.82, 2.24) is 4.90 Å². The Morgan fingerprint density at radius 1 is 1.18 bits per heavy atom. The van der Waals surface area contributed by atoms with Crippen LogP contribution < -0.4 is 0 Å². The molecule has 1 fully saturated rings. The van der Waals surface area contributed by atoms with Gasteiger partial charge in [-0.1, -0.05) is 40.2 Å². The first-order valence-electron chi connectivity index (χ1n) is 6.21. The van der Waals surface area contributed by atoms with Gasteiger partial charge in [-0.25, -0.2) is 0 Å². The standard InChI is InChI=1S/C14H20BrNO/c1-16(14-6-8-17-9-7-14)11-13-4-2-12(10-15)3-5-13/h2-5,14H,6-11H2,1H3. The van der Waals surface area contributed by atoms with Gasteiger partial charge in [0, 0.05) is 31.1 Å². The normalized spacial score (nSPS) is 17.6. The molecule has 0 saturated carbocycles. The number of nitrogens with zero attached hydrogens (tertiary/aromatic N) is 1. The third-order valence-corrected chi connectivity index (χ3v) is 4.07. The molecule has 1 aliphatic rings. The van der Waals surface area contributed by atoms with Gasteiger partial charge in [0.2, 0.25) is 0 Å². The molecule has 2 nitrogen and oxygen atoms in total. The third-order valence-electron chi connectivity index (χ3n) is 3.42. The second kappa shape index (κ2) is 6.53. The number of halogens is 1. The highest BCUT2D eigenvalue weighted by Crippen LogP contribution is 2.16. The minimum Gasteiger partial charge on any atom is -0.381 e. The van der Waals surface area contributed by atoms with Gasteiger partial charge >= 0.3 is 0 Å². The lowest BCUT2D eigenvalue weighted by molar-refractivity contribution is 0.0407. The van der Waals surface area contributed by atoms with Gasteiger partial charge in [0.25, 0.3) is 0 Å². The van der Waals surface area contributed by atoms with Gasteiger partial charge < -0.3 is 4.74 Å². The quantitative estimate of drug-likeness (QED) is 0.792. The summed E-state index contributed by atoms with van der Waals surface area (Å²) < 4.78 is 5.40. The number of hydrogen-bond acceptors (Lipinski definition) is 2. The summed E-state index contributed by atoms with van der Waals surface area (Å²) in [5.41, 5.74) is 2.73. The van der Waals surface area contributed by atoms with E-state index in [-0.39, 0.29) is 0 Å². The Bertz CT molecular complexity index is 333. The van der Waals surface area contributed by atoms with Crippen LogP contribution in [0.5, 0.6) is 0 Å². The van der Waals surface area contributed by atoms with Gasteiger partial charge in [0.05, 0.1) is 0 Å². The molecule has 1 aliphatic heterocycles. The second-order valence-corrected chi connectivity index (χ2v) is 5.27. The molecule has 0 spiro atoms. The highest BCUT2D eigenvalue weighted by molar-refractivity contribution is 9.08. The van der Waals surface area contributed by atoms with Crippen LogP contribution in [0.2, 0.25) is 0 Å². The molecule has 0 amide bonds. The average molecular weight is 298 g/mol. The van der Waals surface area contributed by atoms with Crippen molar-refractivity contribution in [3.63, 3.8) is 0 Å². The largest absolute Gasteiger partial charge is 0.381 e. The van der Waals surface area contributed by atoms with Crippen molar-refractivity contribution in [2.45, 2.75) is 30.8 Å². The van der Waals surface area contributed by atoms with E-state index in [1.807, 2.05) is 0 Å². The Labute approximate surface area is 112 Å². The first-order valence-corrected chi connectivity index (χ1v) is 7.33. The van der Waals surface area contributed by atoms with Crippen LogP contribution in [0.15, 0.2) is 24.3 Å². The Kier molecular flexibility index (Phi) is 5.01. The molecule has 0 aliphatic carbocycles. The lowest BCUT2D eigenvalue weighted by atomic mass is 10.1. The number of hydrogen-bond donors (Lipinski definition) is 0. The third kappa shape index (κ3) is 3.80. The summed E-state index contributed by atoms with van der Waals surface area (Å²) in [6, 6.07) is 9.53. The second-order valence-electron chi connectivity index (χ2n) is 4.71. The molecule has 0 bridgehead atoms. The average Bonchev–Trinajstić information content (AvgIpc) is 2.40. The van der Waals surface area contributed by atoms with Crippen molar-refractivity contribution in [2.75, 3.05) is 20.3 Å². The van der Waals surface area contributed by atoms with Gasteiger partial charge in [0.1, 0.15) is 0 Å². The number of alkyl halides is 1.